The minimum absolute atomic E-state index is 0.0555. The summed E-state index contributed by atoms with van der Waals surface area (Å²) in [4.78, 5) is 0. The molecule has 0 fully saturated rings. The highest BCUT2D eigenvalue weighted by molar-refractivity contribution is 9.10. The van der Waals surface area contributed by atoms with Crippen LogP contribution in [0.4, 0.5) is 0 Å². The van der Waals surface area contributed by atoms with E-state index >= 15 is 0 Å². The molecule has 0 aromatic carbocycles. The molecule has 0 saturated heterocycles. The molecule has 0 bridgehead atoms. The maximum absolute atomic E-state index is 9.04. The van der Waals surface area contributed by atoms with E-state index in [9.17, 15) is 0 Å². The fraction of sp³-hybridized carbons (Fsp3) is 0.667. The predicted molar refractivity (Wildman–Crippen MR) is 59.3 cm³/mol. The van der Waals surface area contributed by atoms with Crippen LogP contribution in [0.3, 0.4) is 0 Å². The van der Waals surface area contributed by atoms with Crippen LogP contribution >= 0.6 is 15.9 Å². The first kappa shape index (κ1) is 11.7. The first-order valence-corrected chi connectivity index (χ1v) is 5.37. The minimum atomic E-state index is 0.0555. The average molecular weight is 262 g/mol. The summed E-state index contributed by atoms with van der Waals surface area (Å²) in [5.74, 6) is 0. The zero-order valence-corrected chi connectivity index (χ0v) is 10.3. The molecule has 0 aliphatic carbocycles. The molecule has 0 aliphatic rings. The number of aryl methyl sites for hydroxylation is 1. The molecular weight excluding hydrogens is 246 g/mol. The summed E-state index contributed by atoms with van der Waals surface area (Å²) in [7, 11) is 1.83. The number of rotatable bonds is 4. The monoisotopic (exact) mass is 261 g/mol. The molecule has 14 heavy (non-hydrogen) atoms. The maximum Gasteiger partial charge on any atom is 0.0738 e. The zero-order chi connectivity index (χ0) is 10.7. The highest BCUT2D eigenvalue weighted by Crippen LogP contribution is 2.19. The van der Waals surface area contributed by atoms with Crippen LogP contribution in [0.1, 0.15) is 11.4 Å². The second-order valence-corrected chi connectivity index (χ2v) is 4.13. The second kappa shape index (κ2) is 4.91. The Bertz CT molecular complexity index is 307. The number of likely N-dealkylation sites (N-methyl/N-ethyl adjacent to an activating group) is 1. The third kappa shape index (κ3) is 2.34. The van der Waals surface area contributed by atoms with E-state index in [4.69, 9.17) is 5.11 Å². The summed E-state index contributed by atoms with van der Waals surface area (Å²) in [6.07, 6.45) is 0. The Morgan fingerprint density at radius 1 is 1.57 bits per heavy atom. The second-order valence-electron chi connectivity index (χ2n) is 3.34. The van der Waals surface area contributed by atoms with Crippen molar-refractivity contribution in [3.63, 3.8) is 0 Å². The molecule has 1 aromatic heterocycles. The van der Waals surface area contributed by atoms with Gasteiger partial charge in [0, 0.05) is 11.7 Å². The molecule has 0 amide bonds. The lowest BCUT2D eigenvalue weighted by Crippen LogP contribution is -2.34. The van der Waals surface area contributed by atoms with Crippen molar-refractivity contribution in [3.05, 3.63) is 15.9 Å². The average Bonchev–Trinajstić information content (AvgIpc) is 2.42. The van der Waals surface area contributed by atoms with Gasteiger partial charge in [-0.15, -0.1) is 0 Å². The van der Waals surface area contributed by atoms with E-state index in [1.165, 1.54) is 0 Å². The molecule has 1 heterocycles. The minimum Gasteiger partial charge on any atom is -0.395 e. The van der Waals surface area contributed by atoms with E-state index in [0.29, 0.717) is 6.54 Å². The van der Waals surface area contributed by atoms with Gasteiger partial charge in [0.05, 0.1) is 23.3 Å². The molecule has 1 rings (SSSR count). The van der Waals surface area contributed by atoms with Gasteiger partial charge in [-0.25, -0.2) is 0 Å². The van der Waals surface area contributed by atoms with Crippen molar-refractivity contribution in [1.29, 1.82) is 0 Å². The number of nitrogens with one attached hydrogen (secondary N) is 1. The highest BCUT2D eigenvalue weighted by atomic mass is 79.9. The Morgan fingerprint density at radius 2 is 2.21 bits per heavy atom. The van der Waals surface area contributed by atoms with Crippen molar-refractivity contribution in [1.82, 2.24) is 15.1 Å². The highest BCUT2D eigenvalue weighted by Gasteiger charge is 2.12. The molecule has 0 spiro atoms. The number of hydrogen-bond donors (Lipinski definition) is 2. The van der Waals surface area contributed by atoms with Gasteiger partial charge in [0.1, 0.15) is 0 Å². The van der Waals surface area contributed by atoms with Gasteiger partial charge in [0.25, 0.3) is 0 Å². The topological polar surface area (TPSA) is 50.1 Å². The Hall–Kier alpha value is -0.390. The van der Waals surface area contributed by atoms with Gasteiger partial charge in [0.2, 0.25) is 0 Å². The standard InChI is InChI=1S/C9H16BrN3O/c1-6-9(10)7(2)13(12-6)4-8(5-14)11-3/h8,11,14H,4-5H2,1-3H3. The van der Waals surface area contributed by atoms with Crippen molar-refractivity contribution in [2.45, 2.75) is 26.4 Å². The summed E-state index contributed by atoms with van der Waals surface area (Å²) in [5, 5.41) is 16.4. The van der Waals surface area contributed by atoms with Crippen LogP contribution in [0.15, 0.2) is 4.47 Å². The third-order valence-corrected chi connectivity index (χ3v) is 3.46. The lowest BCUT2D eigenvalue weighted by molar-refractivity contribution is 0.231. The van der Waals surface area contributed by atoms with Crippen LogP contribution in [0, 0.1) is 13.8 Å². The van der Waals surface area contributed by atoms with E-state index in [1.54, 1.807) is 0 Å². The van der Waals surface area contributed by atoms with Crippen molar-refractivity contribution >= 4 is 15.9 Å². The smallest absolute Gasteiger partial charge is 0.0738 e. The van der Waals surface area contributed by atoms with Crippen LogP contribution in [-0.2, 0) is 6.54 Å². The largest absolute Gasteiger partial charge is 0.395 e. The van der Waals surface area contributed by atoms with Gasteiger partial charge in [0.15, 0.2) is 0 Å². The molecule has 0 aliphatic heterocycles. The third-order valence-electron chi connectivity index (χ3n) is 2.32. The Labute approximate surface area is 92.4 Å². The molecule has 1 atom stereocenters. The van der Waals surface area contributed by atoms with Crippen molar-refractivity contribution < 1.29 is 5.11 Å². The Balaban J connectivity index is 2.81. The van der Waals surface area contributed by atoms with E-state index in [1.807, 2.05) is 25.6 Å². The SMILES string of the molecule is CNC(CO)Cn1nc(C)c(Br)c1C. The van der Waals surface area contributed by atoms with Gasteiger partial charge >= 0.3 is 0 Å². The fourth-order valence-corrected chi connectivity index (χ4v) is 1.59. The zero-order valence-electron chi connectivity index (χ0n) is 8.71. The van der Waals surface area contributed by atoms with E-state index in [-0.39, 0.29) is 12.6 Å². The number of aliphatic hydroxyl groups is 1. The molecule has 0 saturated carbocycles. The van der Waals surface area contributed by atoms with Crippen molar-refractivity contribution in [3.8, 4) is 0 Å². The summed E-state index contributed by atoms with van der Waals surface area (Å²) in [6.45, 7) is 4.77. The van der Waals surface area contributed by atoms with Gasteiger partial charge in [-0.05, 0) is 36.8 Å². The van der Waals surface area contributed by atoms with Crippen molar-refractivity contribution in [2.75, 3.05) is 13.7 Å². The first-order valence-electron chi connectivity index (χ1n) is 4.57. The van der Waals surface area contributed by atoms with E-state index in [0.717, 1.165) is 15.9 Å². The maximum atomic E-state index is 9.04. The number of aliphatic hydroxyl groups excluding tert-OH is 1. The number of aromatic nitrogens is 2. The van der Waals surface area contributed by atoms with Gasteiger partial charge in [-0.2, -0.15) is 5.10 Å². The normalized spacial score (nSPS) is 13.2. The Kier molecular flexibility index (Phi) is 4.10. The lowest BCUT2D eigenvalue weighted by Gasteiger charge is -2.13. The van der Waals surface area contributed by atoms with Gasteiger partial charge in [-0.3, -0.25) is 4.68 Å². The number of nitrogens with zero attached hydrogens (tertiary/aromatic N) is 2. The van der Waals surface area contributed by atoms with E-state index < -0.39 is 0 Å². The summed E-state index contributed by atoms with van der Waals surface area (Å²) >= 11 is 3.47. The van der Waals surface area contributed by atoms with Crippen LogP contribution < -0.4 is 5.32 Å². The lowest BCUT2D eigenvalue weighted by atomic mass is 10.3. The fourth-order valence-electron chi connectivity index (χ4n) is 1.30. The predicted octanol–water partition coefficient (Wildman–Crippen LogP) is 0.843. The molecule has 0 radical (unpaired) electrons. The molecule has 2 N–H and O–H groups in total. The molecule has 1 unspecified atom stereocenters. The molecular formula is C9H16BrN3O. The summed E-state index contributed by atoms with van der Waals surface area (Å²) < 4.78 is 2.95. The van der Waals surface area contributed by atoms with Crippen LogP contribution in [0.2, 0.25) is 0 Å². The van der Waals surface area contributed by atoms with E-state index in [2.05, 4.69) is 26.3 Å². The Morgan fingerprint density at radius 3 is 2.57 bits per heavy atom. The molecule has 5 heteroatoms. The van der Waals surface area contributed by atoms with Crippen LogP contribution in [0.25, 0.3) is 0 Å². The molecule has 1 aromatic rings. The number of hydrogen-bond acceptors (Lipinski definition) is 3. The molecule has 4 nitrogen and oxygen atoms in total. The quantitative estimate of drug-likeness (QED) is 0.845. The van der Waals surface area contributed by atoms with Crippen LogP contribution in [-0.4, -0.2) is 34.6 Å². The summed E-state index contributed by atoms with van der Waals surface area (Å²) in [6, 6.07) is 0.0555. The molecule has 80 valence electrons. The first-order chi connectivity index (χ1) is 6.60. The van der Waals surface area contributed by atoms with Gasteiger partial charge in [-0.1, -0.05) is 0 Å². The van der Waals surface area contributed by atoms with Crippen LogP contribution in [0.5, 0.6) is 0 Å². The number of halogens is 1. The summed E-state index contributed by atoms with van der Waals surface area (Å²) in [5.41, 5.74) is 2.08. The van der Waals surface area contributed by atoms with Gasteiger partial charge < -0.3 is 10.4 Å². The van der Waals surface area contributed by atoms with Crippen molar-refractivity contribution in [2.24, 2.45) is 0 Å².